The fraction of sp³-hybridized carbons (Fsp3) is 0.400. The van der Waals surface area contributed by atoms with E-state index in [1.165, 1.54) is 6.33 Å². The van der Waals surface area contributed by atoms with Gasteiger partial charge in [0.2, 0.25) is 5.91 Å². The molecule has 1 atom stereocenters. The predicted molar refractivity (Wildman–Crippen MR) is 61.2 cm³/mol. The zero-order chi connectivity index (χ0) is 11.8. The van der Waals surface area contributed by atoms with Crippen LogP contribution in [0.25, 0.3) is 11.0 Å². The number of aromatic amines is 1. The molecular weight excluding hydrogens is 220 g/mol. The lowest BCUT2D eigenvalue weighted by atomic mass is 10.1. The molecule has 7 nitrogen and oxygen atoms in total. The van der Waals surface area contributed by atoms with E-state index in [0.717, 1.165) is 5.39 Å². The zero-order valence-corrected chi connectivity index (χ0v) is 9.13. The van der Waals surface area contributed by atoms with Gasteiger partial charge in [-0.25, -0.2) is 9.97 Å². The Bertz CT molecular complexity index is 565. The number of fused-ring (bicyclic) bond motifs is 1. The van der Waals surface area contributed by atoms with Crippen molar-refractivity contribution in [3.05, 3.63) is 12.5 Å². The minimum absolute atomic E-state index is 0.0571. The Morgan fingerprint density at radius 3 is 3.18 bits per heavy atom. The van der Waals surface area contributed by atoms with E-state index in [4.69, 9.17) is 5.73 Å². The van der Waals surface area contributed by atoms with Gasteiger partial charge in [-0.05, 0) is 12.5 Å². The minimum Gasteiger partial charge on any atom is -0.330 e. The van der Waals surface area contributed by atoms with E-state index < -0.39 is 0 Å². The largest absolute Gasteiger partial charge is 0.330 e. The molecule has 3 heterocycles. The third-order valence-electron chi connectivity index (χ3n) is 3.02. The maximum Gasteiger partial charge on any atom is 0.228 e. The Morgan fingerprint density at radius 1 is 1.53 bits per heavy atom. The summed E-state index contributed by atoms with van der Waals surface area (Å²) >= 11 is 0. The molecule has 1 saturated heterocycles. The van der Waals surface area contributed by atoms with Crippen LogP contribution < -0.4 is 10.6 Å². The van der Waals surface area contributed by atoms with Crippen LogP contribution in [0.3, 0.4) is 0 Å². The Morgan fingerprint density at radius 2 is 2.41 bits per heavy atom. The third-order valence-corrected chi connectivity index (χ3v) is 3.02. The highest BCUT2D eigenvalue weighted by Crippen LogP contribution is 2.27. The molecule has 88 valence electrons. The number of nitrogens with two attached hydrogens (primary N) is 1. The number of nitrogens with zero attached hydrogens (tertiary/aromatic N) is 4. The summed E-state index contributed by atoms with van der Waals surface area (Å²) in [6.07, 6.45) is 3.55. The second-order valence-corrected chi connectivity index (χ2v) is 4.14. The molecule has 0 aliphatic carbocycles. The van der Waals surface area contributed by atoms with Gasteiger partial charge in [0, 0.05) is 13.0 Å². The number of carbonyl (C=O) groups excluding carboxylic acids is 1. The van der Waals surface area contributed by atoms with Crippen LogP contribution in [0.4, 0.5) is 5.82 Å². The lowest BCUT2D eigenvalue weighted by molar-refractivity contribution is -0.117. The summed E-state index contributed by atoms with van der Waals surface area (Å²) < 4.78 is 0. The summed E-state index contributed by atoms with van der Waals surface area (Å²) in [5, 5.41) is 7.43. The van der Waals surface area contributed by atoms with E-state index in [9.17, 15) is 4.79 Å². The molecule has 1 amide bonds. The van der Waals surface area contributed by atoms with E-state index in [-0.39, 0.29) is 11.8 Å². The molecule has 2 aromatic heterocycles. The molecule has 0 spiro atoms. The summed E-state index contributed by atoms with van der Waals surface area (Å²) in [4.78, 5) is 21.8. The van der Waals surface area contributed by atoms with E-state index in [1.807, 2.05) is 0 Å². The first-order chi connectivity index (χ1) is 8.29. The molecule has 3 N–H and O–H groups in total. The van der Waals surface area contributed by atoms with Gasteiger partial charge in [-0.2, -0.15) is 5.10 Å². The maximum atomic E-state index is 11.9. The summed E-state index contributed by atoms with van der Waals surface area (Å²) in [5.74, 6) is 0.880. The van der Waals surface area contributed by atoms with Gasteiger partial charge in [0.05, 0.1) is 11.6 Å². The molecule has 17 heavy (non-hydrogen) atoms. The van der Waals surface area contributed by atoms with Crippen LogP contribution >= 0.6 is 0 Å². The van der Waals surface area contributed by atoms with Gasteiger partial charge in [0.15, 0.2) is 5.65 Å². The molecular formula is C10H12N6O. The van der Waals surface area contributed by atoms with Gasteiger partial charge in [-0.3, -0.25) is 14.8 Å². The molecule has 0 radical (unpaired) electrons. The van der Waals surface area contributed by atoms with Crippen molar-refractivity contribution in [2.75, 3.05) is 18.0 Å². The average molecular weight is 232 g/mol. The molecule has 2 aromatic rings. The van der Waals surface area contributed by atoms with Crippen molar-refractivity contribution < 1.29 is 4.79 Å². The number of hydrogen-bond acceptors (Lipinski definition) is 5. The smallest absolute Gasteiger partial charge is 0.228 e. The van der Waals surface area contributed by atoms with E-state index in [1.54, 1.807) is 11.1 Å². The maximum absolute atomic E-state index is 11.9. The third kappa shape index (κ3) is 1.55. The first kappa shape index (κ1) is 10.2. The second-order valence-electron chi connectivity index (χ2n) is 4.14. The first-order valence-electron chi connectivity index (χ1n) is 5.44. The zero-order valence-electron chi connectivity index (χ0n) is 9.13. The fourth-order valence-corrected chi connectivity index (χ4v) is 2.11. The lowest BCUT2D eigenvalue weighted by Crippen LogP contribution is -2.26. The molecule has 0 aromatic carbocycles. The van der Waals surface area contributed by atoms with Crippen LogP contribution in [0.2, 0.25) is 0 Å². The van der Waals surface area contributed by atoms with Crippen molar-refractivity contribution in [1.82, 2.24) is 20.2 Å². The van der Waals surface area contributed by atoms with Crippen molar-refractivity contribution >= 4 is 22.8 Å². The van der Waals surface area contributed by atoms with Crippen molar-refractivity contribution in [3.63, 3.8) is 0 Å². The van der Waals surface area contributed by atoms with Gasteiger partial charge in [0.1, 0.15) is 12.1 Å². The van der Waals surface area contributed by atoms with Gasteiger partial charge >= 0.3 is 0 Å². The number of rotatable bonds is 2. The topological polar surface area (TPSA) is 101 Å². The highest BCUT2D eigenvalue weighted by atomic mass is 16.2. The van der Waals surface area contributed by atoms with Crippen LogP contribution in [0.1, 0.15) is 6.42 Å². The summed E-state index contributed by atoms with van der Waals surface area (Å²) in [7, 11) is 0. The number of anilines is 1. The van der Waals surface area contributed by atoms with Crippen LogP contribution in [0.5, 0.6) is 0 Å². The fourth-order valence-electron chi connectivity index (χ4n) is 2.11. The first-order valence-corrected chi connectivity index (χ1v) is 5.44. The van der Waals surface area contributed by atoms with Crippen molar-refractivity contribution in [3.8, 4) is 0 Å². The Hall–Kier alpha value is -2.02. The number of hydrogen-bond donors (Lipinski definition) is 2. The highest BCUT2D eigenvalue weighted by molar-refractivity contribution is 6.01. The number of aromatic nitrogens is 4. The molecule has 7 heteroatoms. The van der Waals surface area contributed by atoms with Gasteiger partial charge in [0.25, 0.3) is 0 Å². The number of carbonyl (C=O) groups is 1. The van der Waals surface area contributed by atoms with Crippen molar-refractivity contribution in [2.45, 2.75) is 6.42 Å². The monoisotopic (exact) mass is 232 g/mol. The molecule has 3 rings (SSSR count). The molecule has 1 unspecified atom stereocenters. The second kappa shape index (κ2) is 3.77. The highest BCUT2D eigenvalue weighted by Gasteiger charge is 2.31. The SMILES string of the molecule is NCC1CC(=O)N(c2ncnc3[nH]ncc23)C1. The minimum atomic E-state index is 0.0571. The normalized spacial score (nSPS) is 20.4. The van der Waals surface area contributed by atoms with E-state index >= 15 is 0 Å². The van der Waals surface area contributed by atoms with Gasteiger partial charge < -0.3 is 5.73 Å². The van der Waals surface area contributed by atoms with Crippen LogP contribution in [-0.2, 0) is 4.79 Å². The molecule has 0 saturated carbocycles. The quantitative estimate of drug-likeness (QED) is 0.738. The van der Waals surface area contributed by atoms with Gasteiger partial charge in [-0.15, -0.1) is 0 Å². The summed E-state index contributed by atoms with van der Waals surface area (Å²) in [5.41, 5.74) is 6.24. The molecule has 1 aliphatic rings. The van der Waals surface area contributed by atoms with Gasteiger partial charge in [-0.1, -0.05) is 0 Å². The van der Waals surface area contributed by atoms with Crippen LogP contribution in [0.15, 0.2) is 12.5 Å². The molecule has 0 bridgehead atoms. The van der Waals surface area contributed by atoms with E-state index in [0.29, 0.717) is 31.0 Å². The Labute approximate surface area is 97.0 Å². The predicted octanol–water partition coefficient (Wildman–Crippen LogP) is -0.336. The number of H-pyrrole nitrogens is 1. The van der Waals surface area contributed by atoms with Crippen molar-refractivity contribution in [1.29, 1.82) is 0 Å². The summed E-state index contributed by atoms with van der Waals surface area (Å²) in [6, 6.07) is 0. The Balaban J connectivity index is 2.04. The van der Waals surface area contributed by atoms with E-state index in [2.05, 4.69) is 20.2 Å². The average Bonchev–Trinajstić information content (AvgIpc) is 2.94. The van der Waals surface area contributed by atoms with Crippen molar-refractivity contribution in [2.24, 2.45) is 11.7 Å². The standard InChI is InChI=1S/C10H12N6O/c11-2-6-1-8(17)16(4-6)10-7-3-14-15-9(7)12-5-13-10/h3,5-6H,1-2,4,11H2,(H,12,13,14,15). The van der Waals surface area contributed by atoms with Crippen LogP contribution in [-0.4, -0.2) is 39.2 Å². The molecule has 1 aliphatic heterocycles. The molecule has 1 fully saturated rings. The Kier molecular flexibility index (Phi) is 2.25. The van der Waals surface area contributed by atoms with Crippen LogP contribution in [0, 0.1) is 5.92 Å². The number of amides is 1. The summed E-state index contributed by atoms with van der Waals surface area (Å²) in [6.45, 7) is 1.13. The number of nitrogens with one attached hydrogen (secondary N) is 1. The lowest BCUT2D eigenvalue weighted by Gasteiger charge is -2.15.